The van der Waals surface area contributed by atoms with Crippen LogP contribution in [-0.4, -0.2) is 51.4 Å². The van der Waals surface area contributed by atoms with Gasteiger partial charge in [0.05, 0.1) is 11.2 Å². The van der Waals surface area contributed by atoms with E-state index < -0.39 is 31.8 Å². The number of nitrogens with zero attached hydrogens (tertiary/aromatic N) is 1. The van der Waals surface area contributed by atoms with Crippen LogP contribution in [0.4, 0.5) is 5.69 Å². The van der Waals surface area contributed by atoms with Crippen molar-refractivity contribution >= 4 is 37.3 Å². The normalized spacial score (nSPS) is 12.5. The molecule has 1 atom stereocenters. The minimum Gasteiger partial charge on any atom is -0.384 e. The number of amidine groups is 1. The zero-order chi connectivity index (χ0) is 30.5. The number of benzene rings is 4. The van der Waals surface area contributed by atoms with Crippen LogP contribution in [0, 0.1) is 5.41 Å². The maximum absolute atomic E-state index is 13.8. The van der Waals surface area contributed by atoms with Crippen LogP contribution in [0.2, 0.25) is 0 Å². The molecule has 0 unspecified atom stereocenters. The molecule has 9 nitrogen and oxygen atoms in total. The fourth-order valence-corrected chi connectivity index (χ4v) is 6.55. The van der Waals surface area contributed by atoms with E-state index in [1.165, 1.54) is 0 Å². The Balaban J connectivity index is 1.68. The monoisotopic (exact) mass is 604 g/mol. The number of hydrogen-bond acceptors (Lipinski definition) is 6. The van der Waals surface area contributed by atoms with E-state index in [9.17, 15) is 21.6 Å². The number of sulfonamides is 1. The molecule has 0 bridgehead atoms. The number of carbonyl (C=O) groups is 1. The number of nitrogens with two attached hydrogens (primary N) is 1. The fourth-order valence-electron chi connectivity index (χ4n) is 4.62. The van der Waals surface area contributed by atoms with Crippen molar-refractivity contribution in [1.29, 1.82) is 5.41 Å². The molecule has 4 rings (SSSR count). The van der Waals surface area contributed by atoms with Gasteiger partial charge in [-0.25, -0.2) is 16.8 Å². The Labute approximate surface area is 246 Å². The van der Waals surface area contributed by atoms with Crippen molar-refractivity contribution in [3.8, 4) is 11.1 Å². The zero-order valence-corrected chi connectivity index (χ0v) is 24.8. The molecule has 0 saturated carbocycles. The number of rotatable bonds is 11. The van der Waals surface area contributed by atoms with Crippen LogP contribution >= 0.6 is 0 Å². The summed E-state index contributed by atoms with van der Waals surface area (Å²) in [6.45, 7) is -0.0224. The van der Waals surface area contributed by atoms with E-state index in [4.69, 9.17) is 11.1 Å². The number of amides is 1. The summed E-state index contributed by atoms with van der Waals surface area (Å²) in [5.41, 5.74) is 9.07. The van der Waals surface area contributed by atoms with Crippen LogP contribution in [0.25, 0.3) is 11.1 Å². The first-order chi connectivity index (χ1) is 19.8. The van der Waals surface area contributed by atoms with Gasteiger partial charge in [0.2, 0.25) is 15.9 Å². The Morgan fingerprint density at radius 2 is 1.45 bits per heavy atom. The number of nitrogen functional groups attached to an aromatic ring is 1. The summed E-state index contributed by atoms with van der Waals surface area (Å²) in [6.07, 6.45) is 2.25. The third-order valence-electron chi connectivity index (χ3n) is 6.67. The predicted octanol–water partition coefficient (Wildman–Crippen LogP) is 4.05. The van der Waals surface area contributed by atoms with E-state index in [1.54, 1.807) is 97.1 Å². The first-order valence-electron chi connectivity index (χ1n) is 13.0. The number of carbonyl (C=O) groups excluding carboxylic acids is 1. The quantitative estimate of drug-likeness (QED) is 0.174. The van der Waals surface area contributed by atoms with Crippen molar-refractivity contribution in [2.45, 2.75) is 23.9 Å². The van der Waals surface area contributed by atoms with Crippen molar-refractivity contribution < 1.29 is 21.6 Å². The Bertz CT molecular complexity index is 1810. The first kappa shape index (κ1) is 30.6. The van der Waals surface area contributed by atoms with Crippen LogP contribution in [0.3, 0.4) is 0 Å². The second-order valence-corrected chi connectivity index (χ2v) is 13.9. The molecule has 42 heavy (non-hydrogen) atoms. The summed E-state index contributed by atoms with van der Waals surface area (Å²) in [6, 6.07) is 28.0. The summed E-state index contributed by atoms with van der Waals surface area (Å²) in [5.74, 6) is -0.687. The average molecular weight is 605 g/mol. The minimum absolute atomic E-state index is 0.0224. The van der Waals surface area contributed by atoms with Crippen molar-refractivity contribution in [2.24, 2.45) is 5.73 Å². The van der Waals surface area contributed by atoms with Crippen molar-refractivity contribution in [3.63, 3.8) is 0 Å². The molecule has 0 aliphatic rings. The van der Waals surface area contributed by atoms with Crippen LogP contribution in [0.1, 0.15) is 16.7 Å². The molecule has 0 aliphatic heterocycles. The number of hydrogen-bond donors (Lipinski definition) is 3. The largest absolute Gasteiger partial charge is 0.384 e. The highest BCUT2D eigenvalue weighted by molar-refractivity contribution is 7.90. The highest BCUT2D eigenvalue weighted by atomic mass is 32.2. The van der Waals surface area contributed by atoms with E-state index in [1.807, 2.05) is 6.07 Å². The van der Waals surface area contributed by atoms with E-state index in [0.717, 1.165) is 16.8 Å². The lowest BCUT2D eigenvalue weighted by atomic mass is 10.0. The molecule has 0 spiro atoms. The highest BCUT2D eigenvalue weighted by Crippen LogP contribution is 2.28. The lowest BCUT2D eigenvalue weighted by Crippen LogP contribution is -2.47. The molecular formula is C31H32N4O5S2. The van der Waals surface area contributed by atoms with Crippen LogP contribution in [-0.2, 0) is 37.6 Å². The topological polar surface area (TPSA) is 150 Å². The Morgan fingerprint density at radius 3 is 2.07 bits per heavy atom. The molecule has 218 valence electrons. The molecule has 0 aromatic heterocycles. The molecule has 0 fully saturated rings. The third kappa shape index (κ3) is 7.69. The van der Waals surface area contributed by atoms with E-state index in [0.29, 0.717) is 33.5 Å². The molecule has 11 heteroatoms. The molecule has 4 aromatic carbocycles. The van der Waals surface area contributed by atoms with Gasteiger partial charge in [-0.05, 0) is 47.4 Å². The van der Waals surface area contributed by atoms with Gasteiger partial charge in [0.1, 0.15) is 11.9 Å². The third-order valence-corrected chi connectivity index (χ3v) is 9.06. The molecular weight excluding hydrogens is 572 g/mol. The second-order valence-electron chi connectivity index (χ2n) is 9.96. The van der Waals surface area contributed by atoms with Gasteiger partial charge < -0.3 is 11.1 Å². The van der Waals surface area contributed by atoms with Crippen molar-refractivity contribution in [2.75, 3.05) is 17.8 Å². The zero-order valence-electron chi connectivity index (χ0n) is 23.2. The molecule has 4 N–H and O–H groups in total. The lowest BCUT2D eigenvalue weighted by molar-refractivity contribution is -0.119. The number of nitrogens with one attached hydrogen (secondary N) is 2. The summed E-state index contributed by atoms with van der Waals surface area (Å²) >= 11 is 0. The smallest absolute Gasteiger partial charge is 0.243 e. The number of anilines is 1. The summed E-state index contributed by atoms with van der Waals surface area (Å²) in [5, 5.41) is 10.6. The van der Waals surface area contributed by atoms with Crippen molar-refractivity contribution in [1.82, 2.24) is 4.31 Å². The summed E-state index contributed by atoms with van der Waals surface area (Å²) < 4.78 is 51.8. The van der Waals surface area contributed by atoms with Crippen molar-refractivity contribution in [3.05, 3.63) is 120 Å². The van der Waals surface area contributed by atoms with Crippen LogP contribution < -0.4 is 11.1 Å². The van der Waals surface area contributed by atoms with Gasteiger partial charge in [-0.2, -0.15) is 4.31 Å². The highest BCUT2D eigenvalue weighted by Gasteiger charge is 2.33. The second kappa shape index (κ2) is 12.7. The summed E-state index contributed by atoms with van der Waals surface area (Å²) in [7, 11) is -7.32. The average Bonchev–Trinajstić information content (AvgIpc) is 2.95. The molecule has 1 amide bonds. The van der Waals surface area contributed by atoms with E-state index in [2.05, 4.69) is 5.32 Å². The maximum atomic E-state index is 13.8. The fraction of sp³-hybridized carbons (Fsp3) is 0.161. The van der Waals surface area contributed by atoms with Gasteiger partial charge in [0.15, 0.2) is 9.84 Å². The van der Waals surface area contributed by atoms with Gasteiger partial charge in [0.25, 0.3) is 0 Å². The predicted molar refractivity (Wildman–Crippen MR) is 165 cm³/mol. The van der Waals surface area contributed by atoms with Gasteiger partial charge in [-0.3, -0.25) is 10.2 Å². The van der Waals surface area contributed by atoms with E-state index in [-0.39, 0.29) is 23.7 Å². The SMILES string of the molecule is CS(=O)(=O)c1ccccc1-c1ccc(NC(=O)[C@H](Cc2cccc(C(=N)N)c2)N(Cc2ccccc2)S(C)(=O)=O)cc1. The number of sulfone groups is 1. The first-order valence-corrected chi connectivity index (χ1v) is 16.7. The molecule has 0 aliphatic carbocycles. The molecule has 0 heterocycles. The van der Waals surface area contributed by atoms with Gasteiger partial charge >= 0.3 is 0 Å². The van der Waals surface area contributed by atoms with E-state index >= 15 is 0 Å². The minimum atomic E-state index is -3.86. The molecule has 0 saturated heterocycles. The van der Waals surface area contributed by atoms with Gasteiger partial charge in [-0.1, -0.05) is 78.9 Å². The van der Waals surface area contributed by atoms with Gasteiger partial charge in [-0.15, -0.1) is 0 Å². The van der Waals surface area contributed by atoms with Crippen LogP contribution in [0.5, 0.6) is 0 Å². The standard InChI is InChI=1S/C31H32N4O5S2/c1-41(37,38)29-14-7-6-13-27(29)24-15-17-26(18-16-24)34-31(36)28(20-23-11-8-12-25(19-23)30(32)33)35(42(2,39)40)21-22-9-4-3-5-10-22/h3-19,28H,20-21H2,1-2H3,(H3,32,33)(H,34,36)/t28-/m0/s1. The Hall–Kier alpha value is -4.32. The Morgan fingerprint density at radius 1 is 0.833 bits per heavy atom. The molecule has 4 aromatic rings. The van der Waals surface area contributed by atoms with Gasteiger partial charge in [0, 0.05) is 29.6 Å². The van der Waals surface area contributed by atoms with Crippen LogP contribution in [0.15, 0.2) is 108 Å². The maximum Gasteiger partial charge on any atom is 0.243 e. The summed E-state index contributed by atoms with van der Waals surface area (Å²) in [4.78, 5) is 14.0. The Kier molecular flexibility index (Phi) is 9.25. The molecule has 0 radical (unpaired) electrons. The lowest BCUT2D eigenvalue weighted by Gasteiger charge is -2.29.